The molecule has 2 aromatic rings. The van der Waals surface area contributed by atoms with E-state index in [0.29, 0.717) is 16.9 Å². The van der Waals surface area contributed by atoms with Gasteiger partial charge in [0, 0.05) is 31.0 Å². The van der Waals surface area contributed by atoms with Crippen molar-refractivity contribution in [3.63, 3.8) is 0 Å². The van der Waals surface area contributed by atoms with Crippen molar-refractivity contribution < 1.29 is 9.59 Å². The van der Waals surface area contributed by atoms with Crippen LogP contribution in [0, 0.1) is 0 Å². The van der Waals surface area contributed by atoms with E-state index in [2.05, 4.69) is 27.0 Å². The van der Waals surface area contributed by atoms with Crippen LogP contribution in [-0.2, 0) is 4.79 Å². The Bertz CT molecular complexity index is 859. The van der Waals surface area contributed by atoms with Crippen molar-refractivity contribution in [2.24, 2.45) is 0 Å². The molecule has 1 aromatic heterocycles. The van der Waals surface area contributed by atoms with Crippen LogP contribution in [0.4, 0.5) is 17.2 Å². The molecule has 2 amide bonds. The second-order valence-electron chi connectivity index (χ2n) is 6.93. The smallest absolute Gasteiger partial charge is 0.257 e. The van der Waals surface area contributed by atoms with Crippen molar-refractivity contribution in [1.82, 2.24) is 4.98 Å². The molecule has 0 saturated heterocycles. The van der Waals surface area contributed by atoms with Gasteiger partial charge in [0.1, 0.15) is 5.82 Å². The maximum atomic E-state index is 12.4. The minimum Gasteiger partial charge on any atom is -0.370 e. The van der Waals surface area contributed by atoms with E-state index in [1.54, 1.807) is 36.5 Å². The summed E-state index contributed by atoms with van der Waals surface area (Å²) < 4.78 is 0. The maximum Gasteiger partial charge on any atom is 0.257 e. The van der Waals surface area contributed by atoms with Gasteiger partial charge in [-0.2, -0.15) is 0 Å². The summed E-state index contributed by atoms with van der Waals surface area (Å²) in [6.45, 7) is 2.29. The number of amides is 2. The largest absolute Gasteiger partial charge is 0.370 e. The second-order valence-corrected chi connectivity index (χ2v) is 6.93. The highest BCUT2D eigenvalue weighted by atomic mass is 16.2. The van der Waals surface area contributed by atoms with Gasteiger partial charge in [-0.05, 0) is 62.4 Å². The number of nitrogens with zero attached hydrogens (tertiary/aromatic N) is 1. The monoisotopic (exact) mass is 378 g/mol. The molecule has 0 atom stereocenters. The van der Waals surface area contributed by atoms with Crippen LogP contribution in [0.1, 0.15) is 49.4 Å². The van der Waals surface area contributed by atoms with E-state index in [-0.39, 0.29) is 11.8 Å². The third kappa shape index (κ3) is 5.94. The van der Waals surface area contributed by atoms with Crippen molar-refractivity contribution >= 4 is 29.0 Å². The molecule has 0 spiro atoms. The Labute approximate surface area is 165 Å². The van der Waals surface area contributed by atoms with Gasteiger partial charge in [-0.25, -0.2) is 4.98 Å². The predicted molar refractivity (Wildman–Crippen MR) is 113 cm³/mol. The molecule has 3 rings (SSSR count). The third-order valence-electron chi connectivity index (χ3n) is 4.60. The van der Waals surface area contributed by atoms with E-state index < -0.39 is 0 Å². The summed E-state index contributed by atoms with van der Waals surface area (Å²) in [6, 6.07) is 10.6. The van der Waals surface area contributed by atoms with Crippen molar-refractivity contribution in [3.8, 4) is 0 Å². The molecule has 1 aromatic carbocycles. The molecule has 0 radical (unpaired) electrons. The van der Waals surface area contributed by atoms with Gasteiger partial charge in [0.05, 0.1) is 5.56 Å². The number of hydrogen-bond acceptors (Lipinski definition) is 4. The maximum absolute atomic E-state index is 12.4. The van der Waals surface area contributed by atoms with Gasteiger partial charge in [0.25, 0.3) is 5.91 Å². The molecule has 0 fully saturated rings. The number of hydrogen-bond donors (Lipinski definition) is 3. The lowest BCUT2D eigenvalue weighted by molar-refractivity contribution is -0.114. The number of nitrogens with one attached hydrogen (secondary N) is 3. The highest BCUT2D eigenvalue weighted by Crippen LogP contribution is 2.20. The fourth-order valence-electron chi connectivity index (χ4n) is 3.20. The summed E-state index contributed by atoms with van der Waals surface area (Å²) in [5.41, 5.74) is 3.25. The van der Waals surface area contributed by atoms with E-state index in [4.69, 9.17) is 0 Å². The van der Waals surface area contributed by atoms with Gasteiger partial charge in [0.2, 0.25) is 5.91 Å². The van der Waals surface area contributed by atoms with Gasteiger partial charge in [-0.15, -0.1) is 0 Å². The first-order chi connectivity index (χ1) is 13.6. The summed E-state index contributed by atoms with van der Waals surface area (Å²) >= 11 is 0. The SMILES string of the molecule is CC(=O)Nc1cccc(NC(=O)c2ccc(NCCC3=CCCCC3)nc2)c1. The quantitative estimate of drug-likeness (QED) is 0.615. The van der Waals surface area contributed by atoms with Crippen LogP contribution in [0.5, 0.6) is 0 Å². The fraction of sp³-hybridized carbons (Fsp3) is 0.318. The molecule has 0 bridgehead atoms. The molecule has 6 heteroatoms. The first kappa shape index (κ1) is 19.6. The van der Waals surface area contributed by atoms with Gasteiger partial charge < -0.3 is 16.0 Å². The zero-order chi connectivity index (χ0) is 19.8. The van der Waals surface area contributed by atoms with Crippen molar-refractivity contribution in [2.45, 2.75) is 39.0 Å². The van der Waals surface area contributed by atoms with E-state index in [9.17, 15) is 9.59 Å². The molecule has 146 valence electrons. The van der Waals surface area contributed by atoms with E-state index in [1.807, 2.05) is 6.07 Å². The summed E-state index contributed by atoms with van der Waals surface area (Å²) in [6.07, 6.45) is 9.96. The van der Waals surface area contributed by atoms with Gasteiger partial charge in [-0.1, -0.05) is 17.7 Å². The number of benzene rings is 1. The average Bonchev–Trinajstić information content (AvgIpc) is 2.69. The second kappa shape index (κ2) is 9.69. The number of anilines is 3. The normalized spacial score (nSPS) is 13.4. The number of carbonyl (C=O) groups is 2. The fourth-order valence-corrected chi connectivity index (χ4v) is 3.20. The number of aromatic nitrogens is 1. The van der Waals surface area contributed by atoms with Gasteiger partial charge in [0.15, 0.2) is 0 Å². The van der Waals surface area contributed by atoms with Gasteiger partial charge in [-0.3, -0.25) is 9.59 Å². The standard InChI is InChI=1S/C22H26N4O2/c1-16(27)25-19-8-5-9-20(14-19)26-22(28)18-10-11-21(24-15-18)23-13-12-17-6-3-2-4-7-17/h5-6,8-11,14-15H,2-4,7,12-13H2,1H3,(H,23,24)(H,25,27)(H,26,28). The minimum absolute atomic E-state index is 0.157. The summed E-state index contributed by atoms with van der Waals surface area (Å²) in [5.74, 6) is 0.363. The van der Waals surface area contributed by atoms with Crippen molar-refractivity contribution in [1.29, 1.82) is 0 Å². The van der Waals surface area contributed by atoms with Crippen LogP contribution < -0.4 is 16.0 Å². The molecule has 0 unspecified atom stereocenters. The van der Waals surface area contributed by atoms with Crippen LogP contribution in [0.2, 0.25) is 0 Å². The summed E-state index contributed by atoms with van der Waals surface area (Å²) in [4.78, 5) is 27.9. The molecule has 0 aliphatic heterocycles. The number of rotatable bonds is 7. The predicted octanol–water partition coefficient (Wildman–Crippen LogP) is 4.59. The number of carbonyl (C=O) groups excluding carboxylic acids is 2. The Morgan fingerprint density at radius 3 is 2.57 bits per heavy atom. The van der Waals surface area contributed by atoms with Crippen molar-refractivity contribution in [3.05, 3.63) is 59.8 Å². The average molecular weight is 378 g/mol. The van der Waals surface area contributed by atoms with Crippen molar-refractivity contribution in [2.75, 3.05) is 22.5 Å². The highest BCUT2D eigenvalue weighted by molar-refractivity contribution is 6.04. The number of pyridine rings is 1. The van der Waals surface area contributed by atoms with E-state index in [0.717, 1.165) is 18.8 Å². The third-order valence-corrected chi connectivity index (χ3v) is 4.60. The Morgan fingerprint density at radius 2 is 1.89 bits per heavy atom. The van der Waals surface area contributed by atoms with Crippen LogP contribution >= 0.6 is 0 Å². The summed E-state index contributed by atoms with van der Waals surface area (Å²) in [7, 11) is 0. The molecule has 1 heterocycles. The first-order valence-corrected chi connectivity index (χ1v) is 9.67. The molecule has 3 N–H and O–H groups in total. The van der Waals surface area contributed by atoms with Crippen LogP contribution in [-0.4, -0.2) is 23.3 Å². The molecule has 1 aliphatic rings. The Morgan fingerprint density at radius 1 is 1.07 bits per heavy atom. The molecule has 28 heavy (non-hydrogen) atoms. The zero-order valence-corrected chi connectivity index (χ0v) is 16.1. The first-order valence-electron chi connectivity index (χ1n) is 9.67. The summed E-state index contributed by atoms with van der Waals surface area (Å²) in [5, 5.41) is 8.82. The molecular weight excluding hydrogens is 352 g/mol. The Kier molecular flexibility index (Phi) is 6.78. The van der Waals surface area contributed by atoms with Crippen LogP contribution in [0.3, 0.4) is 0 Å². The molecule has 6 nitrogen and oxygen atoms in total. The number of allylic oxidation sites excluding steroid dienone is 1. The van der Waals surface area contributed by atoms with Gasteiger partial charge >= 0.3 is 0 Å². The highest BCUT2D eigenvalue weighted by Gasteiger charge is 2.08. The molecule has 1 aliphatic carbocycles. The van der Waals surface area contributed by atoms with Crippen LogP contribution in [0.25, 0.3) is 0 Å². The van der Waals surface area contributed by atoms with Crippen LogP contribution in [0.15, 0.2) is 54.2 Å². The lowest BCUT2D eigenvalue weighted by Gasteiger charge is -2.13. The lowest BCUT2D eigenvalue weighted by Crippen LogP contribution is -2.13. The van der Waals surface area contributed by atoms with E-state index in [1.165, 1.54) is 38.2 Å². The Balaban J connectivity index is 1.52. The molecular formula is C22H26N4O2. The molecule has 0 saturated carbocycles. The zero-order valence-electron chi connectivity index (χ0n) is 16.1. The topological polar surface area (TPSA) is 83.1 Å². The Hall–Kier alpha value is -3.15. The minimum atomic E-state index is -0.244. The van der Waals surface area contributed by atoms with E-state index >= 15 is 0 Å². The lowest BCUT2D eigenvalue weighted by atomic mass is 9.97.